The number of hydrogen-bond donors (Lipinski definition) is 3. The van der Waals surface area contributed by atoms with Crippen molar-refractivity contribution in [1.82, 2.24) is 0 Å². The van der Waals surface area contributed by atoms with Crippen LogP contribution in [0.3, 0.4) is 0 Å². The van der Waals surface area contributed by atoms with Gasteiger partial charge in [-0.05, 0) is 49.9 Å². The van der Waals surface area contributed by atoms with E-state index in [1.165, 1.54) is 57.8 Å². The molecule has 2 aliphatic heterocycles. The van der Waals surface area contributed by atoms with E-state index in [0.29, 0.717) is 44.6 Å². The number of hydrogen-bond acceptors (Lipinski definition) is 8. The molecule has 0 saturated carbocycles. The average molecular weight is 723 g/mol. The molecule has 0 unspecified atom stereocenters. The van der Waals surface area contributed by atoms with Crippen LogP contribution in [0.25, 0.3) is 0 Å². The molecule has 0 spiro atoms. The van der Waals surface area contributed by atoms with Crippen LogP contribution in [0.4, 0.5) is 0 Å². The van der Waals surface area contributed by atoms with Gasteiger partial charge in [-0.2, -0.15) is 0 Å². The Hall–Kier alpha value is -1.78. The van der Waals surface area contributed by atoms with E-state index in [0.717, 1.165) is 43.2 Å². The smallest absolute Gasteiger partial charge is 1.00 e. The summed E-state index contributed by atoms with van der Waals surface area (Å²) < 4.78 is 16.6. The molecule has 4 atom stereocenters. The van der Waals surface area contributed by atoms with E-state index in [-0.39, 0.29) is 69.3 Å². The number of aliphatic hydroxyl groups excluding tert-OH is 3. The fraction of sp³-hybridized carbons (Fsp3) is 0.667. The molecule has 0 fully saturated rings. The molecule has 2 aromatic carbocycles. The average Bonchev–Trinajstić information content (AvgIpc) is 3.82. The summed E-state index contributed by atoms with van der Waals surface area (Å²) in [5.74, 6) is 1.34. The summed E-state index contributed by atoms with van der Waals surface area (Å²) in [6.07, 6.45) is 17.1. The number of aliphatic imine (C=N–C) groups is 2. The summed E-state index contributed by atoms with van der Waals surface area (Å²) >= 11 is 0. The molecule has 286 valence electrons. The number of benzene rings is 2. The first kappa shape index (κ1) is 49.2. The minimum Gasteiger partial charge on any atom is -1.00 e. The molecule has 3 N–H and O–H groups in total. The van der Waals surface area contributed by atoms with Crippen molar-refractivity contribution in [2.75, 3.05) is 33.0 Å². The predicted octanol–water partition coefficient (Wildman–Crippen LogP) is 6.04. The predicted molar refractivity (Wildman–Crippen MR) is 209 cm³/mol. The molecule has 9 heteroatoms. The Morgan fingerprint density at radius 1 is 0.647 bits per heavy atom. The molecule has 2 heterocycles. The fourth-order valence-electron chi connectivity index (χ4n) is 5.51. The molecule has 0 aliphatic carbocycles. The van der Waals surface area contributed by atoms with E-state index in [2.05, 4.69) is 30.8 Å². The zero-order valence-corrected chi connectivity index (χ0v) is 33.7. The van der Waals surface area contributed by atoms with Gasteiger partial charge >= 0.3 is 29.6 Å². The summed E-state index contributed by atoms with van der Waals surface area (Å²) in [7, 11) is 0. The summed E-state index contributed by atoms with van der Waals surface area (Å²) in [5, 5.41) is 28.2. The van der Waals surface area contributed by atoms with E-state index < -0.39 is 0 Å². The molecule has 4 rings (SSSR count). The Morgan fingerprint density at radius 3 is 1.55 bits per heavy atom. The number of unbranched alkanes of at least 4 members (excludes halogenated alkanes) is 8. The summed E-state index contributed by atoms with van der Waals surface area (Å²) in [4.78, 5) is 8.78. The van der Waals surface area contributed by atoms with Crippen molar-refractivity contribution < 1.29 is 60.5 Å². The zero-order chi connectivity index (χ0) is 35.4. The SMILES string of the molecule is C.CCCCCCC[C@@H](O)CCC.CCCCCCC[C@@H](O)CCOC[C@H]1COC(c2ccccc2)=N1.OC[C@H]1COC(c2ccccc2)=N1.[H-].[Na+]. The minimum absolute atomic E-state index is 0. The van der Waals surface area contributed by atoms with Gasteiger partial charge in [0, 0.05) is 17.7 Å². The zero-order valence-electron chi connectivity index (χ0n) is 32.7. The quantitative estimate of drug-likeness (QED) is 0.101. The summed E-state index contributed by atoms with van der Waals surface area (Å²) in [6, 6.07) is 19.6. The molecular weight excluding hydrogens is 651 g/mol. The Bertz CT molecular complexity index is 1130. The van der Waals surface area contributed by atoms with E-state index >= 15 is 0 Å². The Labute approximate surface area is 334 Å². The van der Waals surface area contributed by atoms with Crippen LogP contribution in [-0.4, -0.2) is 84.4 Å². The maximum absolute atomic E-state index is 9.96. The van der Waals surface area contributed by atoms with Crippen molar-refractivity contribution in [3.63, 3.8) is 0 Å². The van der Waals surface area contributed by atoms with Crippen molar-refractivity contribution >= 4 is 11.8 Å². The third kappa shape index (κ3) is 23.5. The molecule has 2 aromatic rings. The van der Waals surface area contributed by atoms with Crippen LogP contribution < -0.4 is 29.6 Å². The number of nitrogens with zero attached hydrogens (tertiary/aromatic N) is 2. The number of rotatable bonds is 22. The van der Waals surface area contributed by atoms with Gasteiger partial charge in [0.2, 0.25) is 11.8 Å². The normalized spacial score (nSPS) is 17.1. The first-order valence-corrected chi connectivity index (χ1v) is 19.1. The Balaban J connectivity index is 0. The molecule has 8 nitrogen and oxygen atoms in total. The first-order chi connectivity index (χ1) is 24.0. The maximum Gasteiger partial charge on any atom is 1.00 e. The van der Waals surface area contributed by atoms with Gasteiger partial charge < -0.3 is 31.0 Å². The standard InChI is InChI=1S/C20H31NO3.C11H24O.C10H11NO2.CH4.Na.H/c1-2-3-4-5-9-12-19(22)13-14-23-15-18-16-24-20(21-18)17-10-7-6-8-11-17;1-3-5-6-7-8-10-11(12)9-4-2;12-6-9-7-13-10(11-9)8-4-2-1-3-5-8;;;/h6-8,10-11,18-19,22H,2-5,9,12-16H2,1H3;11-12H,3-10H2,1-2H3;1-5,9,12H,6-7H2;1H4;;/q;;;;+1;-1/t18-,19+;11-;9-;;;/m000.../s1. The van der Waals surface area contributed by atoms with Crippen molar-refractivity contribution in [3.05, 3.63) is 71.8 Å². The first-order valence-electron chi connectivity index (χ1n) is 19.1. The summed E-state index contributed by atoms with van der Waals surface area (Å²) in [6.45, 7) is 8.82. The van der Waals surface area contributed by atoms with E-state index in [1.54, 1.807) is 0 Å². The second-order valence-corrected chi connectivity index (χ2v) is 13.1. The maximum atomic E-state index is 9.96. The Kier molecular flexibility index (Phi) is 31.7. The van der Waals surface area contributed by atoms with Crippen molar-refractivity contribution in [1.29, 1.82) is 0 Å². The monoisotopic (exact) mass is 723 g/mol. The van der Waals surface area contributed by atoms with Crippen LogP contribution in [-0.2, 0) is 14.2 Å². The molecule has 0 radical (unpaired) electrons. The van der Waals surface area contributed by atoms with Gasteiger partial charge in [0.15, 0.2) is 0 Å². The topological polar surface area (TPSA) is 113 Å². The van der Waals surface area contributed by atoms with Crippen LogP contribution in [0.1, 0.15) is 137 Å². The van der Waals surface area contributed by atoms with Crippen molar-refractivity contribution in [2.45, 2.75) is 149 Å². The van der Waals surface area contributed by atoms with Gasteiger partial charge in [-0.3, -0.25) is 0 Å². The fourth-order valence-corrected chi connectivity index (χ4v) is 5.51. The minimum atomic E-state index is -0.241. The third-order valence-corrected chi connectivity index (χ3v) is 8.49. The van der Waals surface area contributed by atoms with Gasteiger partial charge in [0.25, 0.3) is 0 Å². The molecule has 51 heavy (non-hydrogen) atoms. The van der Waals surface area contributed by atoms with Crippen molar-refractivity contribution in [3.8, 4) is 0 Å². The number of ether oxygens (including phenoxy) is 3. The van der Waals surface area contributed by atoms with E-state index in [9.17, 15) is 10.2 Å². The molecule has 0 bridgehead atoms. The van der Waals surface area contributed by atoms with Crippen LogP contribution in [0.5, 0.6) is 0 Å². The molecular formula is C42H71N2NaO6. The van der Waals surface area contributed by atoms with E-state index in [1.807, 2.05) is 60.7 Å². The van der Waals surface area contributed by atoms with Crippen LogP contribution in [0.2, 0.25) is 0 Å². The molecule has 2 aliphatic rings. The molecule has 0 aromatic heterocycles. The summed E-state index contributed by atoms with van der Waals surface area (Å²) in [5.41, 5.74) is 1.98. The van der Waals surface area contributed by atoms with Gasteiger partial charge in [-0.15, -0.1) is 0 Å². The second-order valence-electron chi connectivity index (χ2n) is 13.1. The molecule has 0 amide bonds. The van der Waals surface area contributed by atoms with Crippen LogP contribution in [0, 0.1) is 0 Å². The number of aliphatic hydroxyl groups is 3. The van der Waals surface area contributed by atoms with Gasteiger partial charge in [-0.25, -0.2) is 9.98 Å². The van der Waals surface area contributed by atoms with Gasteiger partial charge in [0.1, 0.15) is 25.3 Å². The van der Waals surface area contributed by atoms with Crippen LogP contribution >= 0.6 is 0 Å². The second kappa shape index (κ2) is 32.8. The third-order valence-electron chi connectivity index (χ3n) is 8.49. The molecule has 0 saturated heterocycles. The van der Waals surface area contributed by atoms with Crippen LogP contribution in [0.15, 0.2) is 70.6 Å². The van der Waals surface area contributed by atoms with Crippen molar-refractivity contribution in [2.24, 2.45) is 9.98 Å². The largest absolute Gasteiger partial charge is 1.00 e. The van der Waals surface area contributed by atoms with Gasteiger partial charge in [0.05, 0.1) is 25.4 Å². The Morgan fingerprint density at radius 2 is 1.10 bits per heavy atom. The van der Waals surface area contributed by atoms with Gasteiger partial charge in [-0.1, -0.05) is 135 Å². The van der Waals surface area contributed by atoms with E-state index in [4.69, 9.17) is 19.3 Å².